The molecule has 1 aliphatic heterocycles. The maximum Gasteiger partial charge on any atom is 0.0790 e. The highest BCUT2D eigenvalue weighted by Gasteiger charge is 2.27. The third-order valence-corrected chi connectivity index (χ3v) is 4.75. The zero-order valence-corrected chi connectivity index (χ0v) is 13.8. The predicted molar refractivity (Wildman–Crippen MR) is 89.4 cm³/mol. The van der Waals surface area contributed by atoms with Crippen LogP contribution in [0, 0.1) is 6.92 Å². The molecule has 1 aromatic carbocycles. The van der Waals surface area contributed by atoms with Crippen molar-refractivity contribution in [3.63, 3.8) is 0 Å². The monoisotopic (exact) mass is 345 g/mol. The van der Waals surface area contributed by atoms with Gasteiger partial charge in [0.1, 0.15) is 0 Å². The lowest BCUT2D eigenvalue weighted by atomic mass is 9.97. The second-order valence-electron chi connectivity index (χ2n) is 5.42. The summed E-state index contributed by atoms with van der Waals surface area (Å²) in [4.78, 5) is 7.21. The van der Waals surface area contributed by atoms with Crippen LogP contribution >= 0.6 is 15.9 Å². The molecule has 1 saturated heterocycles. The van der Waals surface area contributed by atoms with Crippen LogP contribution in [0.1, 0.15) is 22.9 Å². The summed E-state index contributed by atoms with van der Waals surface area (Å²) in [5.74, 6) is 0. The van der Waals surface area contributed by atoms with E-state index >= 15 is 0 Å². The van der Waals surface area contributed by atoms with Gasteiger partial charge < -0.3 is 5.32 Å². The second kappa shape index (κ2) is 6.69. The van der Waals surface area contributed by atoms with Gasteiger partial charge in [-0.05, 0) is 30.2 Å². The SMILES string of the molecule is Cc1cccnc1C(c1ccccc1Br)N1CCNCC1. The first-order valence-electron chi connectivity index (χ1n) is 7.38. The Kier molecular flexibility index (Phi) is 4.68. The van der Waals surface area contributed by atoms with Crippen molar-refractivity contribution in [2.45, 2.75) is 13.0 Å². The van der Waals surface area contributed by atoms with Crippen LogP contribution in [0.15, 0.2) is 47.1 Å². The molecule has 1 aliphatic rings. The van der Waals surface area contributed by atoms with E-state index in [-0.39, 0.29) is 6.04 Å². The zero-order chi connectivity index (χ0) is 14.7. The summed E-state index contributed by atoms with van der Waals surface area (Å²) < 4.78 is 1.15. The molecular formula is C17H20BrN3. The van der Waals surface area contributed by atoms with Crippen LogP contribution < -0.4 is 5.32 Å². The number of hydrogen-bond donors (Lipinski definition) is 1. The first-order valence-corrected chi connectivity index (χ1v) is 8.17. The lowest BCUT2D eigenvalue weighted by molar-refractivity contribution is 0.194. The van der Waals surface area contributed by atoms with Gasteiger partial charge in [0.2, 0.25) is 0 Å². The Morgan fingerprint density at radius 3 is 2.62 bits per heavy atom. The highest BCUT2D eigenvalue weighted by atomic mass is 79.9. The van der Waals surface area contributed by atoms with Gasteiger partial charge in [-0.1, -0.05) is 40.2 Å². The van der Waals surface area contributed by atoms with Crippen LogP contribution in [0.4, 0.5) is 0 Å². The summed E-state index contributed by atoms with van der Waals surface area (Å²) in [6.07, 6.45) is 1.90. The zero-order valence-electron chi connectivity index (χ0n) is 12.2. The van der Waals surface area contributed by atoms with E-state index in [1.165, 1.54) is 11.1 Å². The van der Waals surface area contributed by atoms with Crippen molar-refractivity contribution in [1.82, 2.24) is 15.2 Å². The number of benzene rings is 1. The number of aromatic nitrogens is 1. The molecule has 3 rings (SSSR count). The topological polar surface area (TPSA) is 28.2 Å². The van der Waals surface area contributed by atoms with Crippen molar-refractivity contribution in [1.29, 1.82) is 0 Å². The summed E-state index contributed by atoms with van der Waals surface area (Å²) in [6, 6.07) is 12.8. The largest absolute Gasteiger partial charge is 0.314 e. The minimum Gasteiger partial charge on any atom is -0.314 e. The van der Waals surface area contributed by atoms with Crippen molar-refractivity contribution in [2.24, 2.45) is 0 Å². The highest BCUT2D eigenvalue weighted by Crippen LogP contribution is 2.33. The van der Waals surface area contributed by atoms with E-state index in [1.807, 2.05) is 12.3 Å². The van der Waals surface area contributed by atoms with Gasteiger partial charge >= 0.3 is 0 Å². The number of rotatable bonds is 3. The third kappa shape index (κ3) is 3.18. The lowest BCUT2D eigenvalue weighted by Crippen LogP contribution is -2.45. The van der Waals surface area contributed by atoms with E-state index in [9.17, 15) is 0 Å². The Hall–Kier alpha value is -1.23. The normalized spacial score (nSPS) is 17.6. The first kappa shape index (κ1) is 14.7. The molecule has 1 unspecified atom stereocenters. The summed E-state index contributed by atoms with van der Waals surface area (Å²) >= 11 is 3.72. The number of aryl methyl sites for hydroxylation is 1. The number of hydrogen-bond acceptors (Lipinski definition) is 3. The predicted octanol–water partition coefficient (Wildman–Crippen LogP) is 3.15. The van der Waals surface area contributed by atoms with Gasteiger partial charge in [0, 0.05) is 36.8 Å². The number of nitrogens with zero attached hydrogens (tertiary/aromatic N) is 2. The molecule has 1 atom stereocenters. The smallest absolute Gasteiger partial charge is 0.0790 e. The molecule has 0 amide bonds. The van der Waals surface area contributed by atoms with Gasteiger partial charge in [-0.2, -0.15) is 0 Å². The molecule has 4 heteroatoms. The average Bonchev–Trinajstić information content (AvgIpc) is 2.52. The van der Waals surface area contributed by atoms with Crippen molar-refractivity contribution in [2.75, 3.05) is 26.2 Å². The molecule has 21 heavy (non-hydrogen) atoms. The minimum absolute atomic E-state index is 0.212. The quantitative estimate of drug-likeness (QED) is 0.926. The van der Waals surface area contributed by atoms with E-state index in [2.05, 4.69) is 68.4 Å². The summed E-state index contributed by atoms with van der Waals surface area (Å²) in [6.45, 7) is 6.30. The maximum absolute atomic E-state index is 4.69. The first-order chi connectivity index (χ1) is 10.3. The molecule has 0 radical (unpaired) electrons. The van der Waals surface area contributed by atoms with Crippen LogP contribution in [0.3, 0.4) is 0 Å². The van der Waals surface area contributed by atoms with Gasteiger partial charge in [0.15, 0.2) is 0 Å². The molecule has 0 spiro atoms. The van der Waals surface area contributed by atoms with E-state index in [0.717, 1.165) is 36.3 Å². The van der Waals surface area contributed by atoms with Crippen LogP contribution in [0.5, 0.6) is 0 Å². The summed E-state index contributed by atoms with van der Waals surface area (Å²) in [5.41, 5.74) is 3.70. The fraction of sp³-hybridized carbons (Fsp3) is 0.353. The minimum atomic E-state index is 0.212. The van der Waals surface area contributed by atoms with Gasteiger partial charge in [0.05, 0.1) is 11.7 Å². The second-order valence-corrected chi connectivity index (χ2v) is 6.27. The molecule has 1 aromatic heterocycles. The van der Waals surface area contributed by atoms with Gasteiger partial charge in [-0.3, -0.25) is 9.88 Å². The number of halogens is 1. The fourth-order valence-corrected chi connectivity index (χ4v) is 3.44. The summed E-state index contributed by atoms with van der Waals surface area (Å²) in [5, 5.41) is 3.43. The molecule has 2 heterocycles. The highest BCUT2D eigenvalue weighted by molar-refractivity contribution is 9.10. The van der Waals surface area contributed by atoms with E-state index in [1.54, 1.807) is 0 Å². The Bertz CT molecular complexity index is 563. The Labute approximate surface area is 134 Å². The molecular weight excluding hydrogens is 326 g/mol. The standard InChI is InChI=1S/C17H20BrN3/c1-13-5-4-8-20-16(13)17(21-11-9-19-10-12-21)14-6-2-3-7-15(14)18/h2-8,17,19H,9-12H2,1H3. The maximum atomic E-state index is 4.69. The molecule has 2 aromatic rings. The van der Waals surface area contributed by atoms with Crippen molar-refractivity contribution in [3.8, 4) is 0 Å². The Morgan fingerprint density at radius 2 is 1.90 bits per heavy atom. The van der Waals surface area contributed by atoms with E-state index in [0.29, 0.717) is 0 Å². The molecule has 0 bridgehead atoms. The lowest BCUT2D eigenvalue weighted by Gasteiger charge is -2.36. The third-order valence-electron chi connectivity index (χ3n) is 4.03. The Morgan fingerprint density at radius 1 is 1.14 bits per heavy atom. The van der Waals surface area contributed by atoms with E-state index in [4.69, 9.17) is 0 Å². The molecule has 3 nitrogen and oxygen atoms in total. The molecule has 1 fully saturated rings. The van der Waals surface area contributed by atoms with Crippen LogP contribution in [-0.2, 0) is 0 Å². The molecule has 0 saturated carbocycles. The van der Waals surface area contributed by atoms with Crippen LogP contribution in [0.2, 0.25) is 0 Å². The van der Waals surface area contributed by atoms with Crippen molar-refractivity contribution >= 4 is 15.9 Å². The molecule has 0 aliphatic carbocycles. The van der Waals surface area contributed by atoms with Crippen molar-refractivity contribution in [3.05, 3.63) is 63.9 Å². The van der Waals surface area contributed by atoms with E-state index < -0.39 is 0 Å². The van der Waals surface area contributed by atoms with Gasteiger partial charge in [0.25, 0.3) is 0 Å². The molecule has 1 N–H and O–H groups in total. The van der Waals surface area contributed by atoms with Crippen LogP contribution in [-0.4, -0.2) is 36.1 Å². The summed E-state index contributed by atoms with van der Waals surface area (Å²) in [7, 11) is 0. The van der Waals surface area contributed by atoms with Gasteiger partial charge in [-0.25, -0.2) is 0 Å². The number of pyridine rings is 1. The van der Waals surface area contributed by atoms with Crippen LogP contribution in [0.25, 0.3) is 0 Å². The number of piperazine rings is 1. The molecule has 110 valence electrons. The van der Waals surface area contributed by atoms with Crippen molar-refractivity contribution < 1.29 is 0 Å². The fourth-order valence-electron chi connectivity index (χ4n) is 2.94. The average molecular weight is 346 g/mol. The number of nitrogens with one attached hydrogen (secondary N) is 1. The van der Waals surface area contributed by atoms with Gasteiger partial charge in [-0.15, -0.1) is 0 Å². The Balaban J connectivity index is 2.07.